The molecule has 0 heterocycles. The fourth-order valence-corrected chi connectivity index (χ4v) is 2.86. The predicted molar refractivity (Wildman–Crippen MR) is 120 cm³/mol. The number of anilines is 2. The van der Waals surface area contributed by atoms with E-state index >= 15 is 0 Å². The molecule has 2 aromatic carbocycles. The SMILES string of the molecule is CC(C)Oc1cccc(NC(=O)CCCCC(=O)Nc2cccc(OC(C)C)c2)c1. The van der Waals surface area contributed by atoms with E-state index in [1.54, 1.807) is 0 Å². The highest BCUT2D eigenvalue weighted by Crippen LogP contribution is 2.20. The third-order valence-corrected chi connectivity index (χ3v) is 4.04. The number of ether oxygens (including phenoxy) is 2. The Labute approximate surface area is 179 Å². The zero-order valence-corrected chi connectivity index (χ0v) is 18.2. The molecule has 0 saturated heterocycles. The van der Waals surface area contributed by atoms with Gasteiger partial charge in [0.05, 0.1) is 12.2 Å². The van der Waals surface area contributed by atoms with Gasteiger partial charge in [-0.05, 0) is 64.8 Å². The van der Waals surface area contributed by atoms with Crippen LogP contribution in [0, 0.1) is 0 Å². The van der Waals surface area contributed by atoms with Crippen molar-refractivity contribution in [1.82, 2.24) is 0 Å². The molecule has 30 heavy (non-hydrogen) atoms. The summed E-state index contributed by atoms with van der Waals surface area (Å²) in [5, 5.41) is 5.74. The summed E-state index contributed by atoms with van der Waals surface area (Å²) >= 11 is 0. The highest BCUT2D eigenvalue weighted by Gasteiger charge is 2.07. The Morgan fingerprint density at radius 3 is 1.50 bits per heavy atom. The fraction of sp³-hybridized carbons (Fsp3) is 0.417. The Morgan fingerprint density at radius 1 is 0.733 bits per heavy atom. The van der Waals surface area contributed by atoms with Crippen LogP contribution in [0.25, 0.3) is 0 Å². The van der Waals surface area contributed by atoms with Crippen molar-refractivity contribution < 1.29 is 19.1 Å². The van der Waals surface area contributed by atoms with Gasteiger partial charge in [0.25, 0.3) is 0 Å². The standard InChI is InChI=1S/C24H32N2O4/c1-17(2)29-21-11-7-9-19(15-21)25-23(27)13-5-6-14-24(28)26-20-10-8-12-22(16-20)30-18(3)4/h7-12,15-18H,5-6,13-14H2,1-4H3,(H,25,27)(H,26,28). The maximum absolute atomic E-state index is 12.1. The lowest BCUT2D eigenvalue weighted by atomic mass is 10.1. The van der Waals surface area contributed by atoms with Crippen molar-refractivity contribution in [1.29, 1.82) is 0 Å². The quantitative estimate of drug-likeness (QED) is 0.485. The summed E-state index contributed by atoms with van der Waals surface area (Å²) in [6, 6.07) is 14.7. The van der Waals surface area contributed by atoms with Crippen molar-refractivity contribution in [2.24, 2.45) is 0 Å². The summed E-state index contributed by atoms with van der Waals surface area (Å²) in [6.45, 7) is 7.82. The lowest BCUT2D eigenvalue weighted by Crippen LogP contribution is -2.13. The highest BCUT2D eigenvalue weighted by atomic mass is 16.5. The average molecular weight is 413 g/mol. The fourth-order valence-electron chi connectivity index (χ4n) is 2.86. The third-order valence-electron chi connectivity index (χ3n) is 4.04. The Balaban J connectivity index is 1.69. The van der Waals surface area contributed by atoms with Crippen LogP contribution in [0.5, 0.6) is 11.5 Å². The summed E-state index contributed by atoms with van der Waals surface area (Å²) in [5.41, 5.74) is 1.42. The molecule has 0 unspecified atom stereocenters. The third kappa shape index (κ3) is 8.99. The van der Waals surface area contributed by atoms with Gasteiger partial charge in [0.2, 0.25) is 11.8 Å². The van der Waals surface area contributed by atoms with Crippen LogP contribution in [0.2, 0.25) is 0 Å². The molecule has 0 bridgehead atoms. The van der Waals surface area contributed by atoms with Gasteiger partial charge < -0.3 is 20.1 Å². The van der Waals surface area contributed by atoms with Gasteiger partial charge in [0, 0.05) is 36.3 Å². The maximum Gasteiger partial charge on any atom is 0.224 e. The van der Waals surface area contributed by atoms with Crippen LogP contribution in [0.1, 0.15) is 53.4 Å². The molecule has 0 radical (unpaired) electrons. The highest BCUT2D eigenvalue weighted by molar-refractivity contribution is 5.92. The second-order valence-corrected chi connectivity index (χ2v) is 7.69. The number of hydrogen-bond acceptors (Lipinski definition) is 4. The van der Waals surface area contributed by atoms with Crippen LogP contribution in [0.4, 0.5) is 11.4 Å². The normalized spacial score (nSPS) is 10.7. The van der Waals surface area contributed by atoms with Crippen LogP contribution >= 0.6 is 0 Å². The summed E-state index contributed by atoms with van der Waals surface area (Å²) < 4.78 is 11.3. The molecular weight excluding hydrogens is 380 g/mol. The van der Waals surface area contributed by atoms with E-state index in [2.05, 4.69) is 10.6 Å². The first-order valence-corrected chi connectivity index (χ1v) is 10.4. The Kier molecular flexibility index (Phi) is 9.19. The van der Waals surface area contributed by atoms with Crippen molar-refractivity contribution >= 4 is 23.2 Å². The van der Waals surface area contributed by atoms with Gasteiger partial charge in [-0.3, -0.25) is 9.59 Å². The zero-order chi connectivity index (χ0) is 21.9. The van der Waals surface area contributed by atoms with E-state index in [4.69, 9.17) is 9.47 Å². The Bertz CT molecular complexity index is 764. The number of hydrogen-bond donors (Lipinski definition) is 2. The summed E-state index contributed by atoms with van der Waals surface area (Å²) in [7, 11) is 0. The largest absolute Gasteiger partial charge is 0.491 e. The van der Waals surface area contributed by atoms with Gasteiger partial charge in [0.1, 0.15) is 11.5 Å². The number of benzene rings is 2. The molecule has 0 saturated carbocycles. The van der Waals surface area contributed by atoms with Crippen molar-refractivity contribution in [2.75, 3.05) is 10.6 Å². The minimum atomic E-state index is -0.0735. The van der Waals surface area contributed by atoms with Gasteiger partial charge in [-0.2, -0.15) is 0 Å². The molecule has 2 rings (SSSR count). The molecule has 0 aromatic heterocycles. The summed E-state index contributed by atoms with van der Waals surface area (Å²) in [4.78, 5) is 24.3. The maximum atomic E-state index is 12.1. The van der Waals surface area contributed by atoms with E-state index in [1.165, 1.54) is 0 Å². The van der Waals surface area contributed by atoms with Crippen molar-refractivity contribution in [3.63, 3.8) is 0 Å². The lowest BCUT2D eigenvalue weighted by Gasteiger charge is -2.12. The topological polar surface area (TPSA) is 76.7 Å². The minimum absolute atomic E-state index is 0.0735. The molecule has 0 aliphatic heterocycles. The average Bonchev–Trinajstić information content (AvgIpc) is 2.65. The zero-order valence-electron chi connectivity index (χ0n) is 18.2. The van der Waals surface area contributed by atoms with Gasteiger partial charge in [-0.15, -0.1) is 0 Å². The molecule has 0 aliphatic carbocycles. The number of nitrogens with one attached hydrogen (secondary N) is 2. The van der Waals surface area contributed by atoms with E-state index in [1.807, 2.05) is 76.2 Å². The van der Waals surface area contributed by atoms with Gasteiger partial charge in [-0.1, -0.05) is 12.1 Å². The van der Waals surface area contributed by atoms with E-state index in [0.717, 1.165) is 11.5 Å². The number of unbranched alkanes of at least 4 members (excludes halogenated alkanes) is 1. The van der Waals surface area contributed by atoms with Crippen LogP contribution < -0.4 is 20.1 Å². The number of rotatable bonds is 11. The van der Waals surface area contributed by atoms with Crippen molar-refractivity contribution in [2.45, 2.75) is 65.6 Å². The van der Waals surface area contributed by atoms with E-state index in [9.17, 15) is 9.59 Å². The monoisotopic (exact) mass is 412 g/mol. The molecule has 2 aromatic rings. The predicted octanol–water partition coefficient (Wildman–Crippen LogP) is 5.40. The van der Waals surface area contributed by atoms with Crippen molar-refractivity contribution in [3.8, 4) is 11.5 Å². The van der Waals surface area contributed by atoms with E-state index in [-0.39, 0.29) is 24.0 Å². The first-order chi connectivity index (χ1) is 14.3. The molecule has 6 heteroatoms. The molecule has 2 amide bonds. The summed E-state index contributed by atoms with van der Waals surface area (Å²) in [5.74, 6) is 1.30. The minimum Gasteiger partial charge on any atom is -0.491 e. The van der Waals surface area contributed by atoms with Crippen molar-refractivity contribution in [3.05, 3.63) is 48.5 Å². The van der Waals surface area contributed by atoms with E-state index < -0.39 is 0 Å². The van der Waals surface area contributed by atoms with Crippen LogP contribution in [0.3, 0.4) is 0 Å². The number of carbonyl (C=O) groups excluding carboxylic acids is 2. The van der Waals surface area contributed by atoms with Crippen LogP contribution in [-0.2, 0) is 9.59 Å². The molecule has 0 atom stereocenters. The molecule has 0 spiro atoms. The number of amides is 2. The van der Waals surface area contributed by atoms with Gasteiger partial charge in [-0.25, -0.2) is 0 Å². The van der Waals surface area contributed by atoms with Gasteiger partial charge >= 0.3 is 0 Å². The first-order valence-electron chi connectivity index (χ1n) is 10.4. The molecular formula is C24H32N2O4. The molecule has 0 fully saturated rings. The lowest BCUT2D eigenvalue weighted by molar-refractivity contribution is -0.118. The van der Waals surface area contributed by atoms with Gasteiger partial charge in [0.15, 0.2) is 0 Å². The number of carbonyl (C=O) groups is 2. The molecule has 2 N–H and O–H groups in total. The second-order valence-electron chi connectivity index (χ2n) is 7.69. The summed E-state index contributed by atoms with van der Waals surface area (Å²) in [6.07, 6.45) is 2.15. The van der Waals surface area contributed by atoms with Crippen LogP contribution in [-0.4, -0.2) is 24.0 Å². The Morgan fingerprint density at radius 2 is 1.13 bits per heavy atom. The van der Waals surface area contributed by atoms with E-state index in [0.29, 0.717) is 37.1 Å². The second kappa shape index (κ2) is 11.9. The molecule has 6 nitrogen and oxygen atoms in total. The molecule has 0 aliphatic rings. The first kappa shape index (κ1) is 23.3. The Hall–Kier alpha value is -3.02. The molecule has 162 valence electrons. The smallest absolute Gasteiger partial charge is 0.224 e. The van der Waals surface area contributed by atoms with Crippen LogP contribution in [0.15, 0.2) is 48.5 Å².